The lowest BCUT2D eigenvalue weighted by molar-refractivity contribution is 0.513. The summed E-state index contributed by atoms with van der Waals surface area (Å²) >= 11 is 0. The van der Waals surface area contributed by atoms with Crippen LogP contribution in [0.1, 0.15) is 45.4 Å². The number of hydrogen-bond acceptors (Lipinski definition) is 0. The minimum atomic E-state index is 1.13. The van der Waals surface area contributed by atoms with Gasteiger partial charge < -0.3 is 0 Å². The van der Waals surface area contributed by atoms with Crippen molar-refractivity contribution in [3.05, 3.63) is 0 Å². The van der Waals surface area contributed by atoms with Crippen molar-refractivity contribution in [2.45, 2.75) is 51.1 Å². The summed E-state index contributed by atoms with van der Waals surface area (Å²) in [6, 6.07) is 0. The van der Waals surface area contributed by atoms with E-state index in [0.29, 0.717) is 0 Å². The predicted molar refractivity (Wildman–Crippen MR) is 50.3 cm³/mol. The summed E-state index contributed by atoms with van der Waals surface area (Å²) in [6.07, 6.45) is 10.5. The van der Waals surface area contributed by atoms with Gasteiger partial charge in [-0.15, -0.1) is 8.58 Å². The lowest BCUT2D eigenvalue weighted by atomic mass is 10.0. The molecular weight excluding hydrogens is 139 g/mol. The first-order chi connectivity index (χ1) is 4.93. The van der Waals surface area contributed by atoms with Crippen LogP contribution in [0, 0.1) is 0 Å². The molecule has 0 spiro atoms. The molecule has 0 radical (unpaired) electrons. The van der Waals surface area contributed by atoms with E-state index in [0.717, 1.165) is 5.66 Å². The Hall–Kier alpha value is 0.430. The van der Waals surface area contributed by atoms with Crippen LogP contribution >= 0.6 is 8.58 Å². The Bertz CT molecular complexity index is 74.8. The van der Waals surface area contributed by atoms with Crippen molar-refractivity contribution in [1.29, 1.82) is 0 Å². The molecule has 0 aromatic heterocycles. The van der Waals surface area contributed by atoms with Gasteiger partial charge in [-0.25, -0.2) is 0 Å². The van der Waals surface area contributed by atoms with Crippen molar-refractivity contribution >= 4 is 8.58 Å². The molecule has 1 rings (SSSR count). The fraction of sp³-hybridized carbons (Fsp3) is 1.00. The van der Waals surface area contributed by atoms with Gasteiger partial charge in [-0.1, -0.05) is 32.6 Å². The molecule has 0 amide bonds. The second-order valence-electron chi connectivity index (χ2n) is 3.29. The van der Waals surface area contributed by atoms with Gasteiger partial charge in [-0.2, -0.15) is 0 Å². The predicted octanol–water partition coefficient (Wildman–Crippen LogP) is 3.41. The van der Waals surface area contributed by atoms with E-state index in [9.17, 15) is 0 Å². The maximum atomic E-state index is 2.30. The van der Waals surface area contributed by atoms with E-state index in [2.05, 4.69) is 6.92 Å². The van der Waals surface area contributed by atoms with Gasteiger partial charge in [0.25, 0.3) is 0 Å². The molecule has 0 aliphatic heterocycles. The van der Waals surface area contributed by atoms with Crippen LogP contribution in [0.3, 0.4) is 0 Å². The molecule has 0 saturated heterocycles. The molecule has 0 heterocycles. The van der Waals surface area contributed by atoms with Crippen LogP contribution in [0.25, 0.3) is 0 Å². The Kier molecular flexibility index (Phi) is 4.37. The number of hydrogen-bond donors (Lipinski definition) is 0. The van der Waals surface area contributed by atoms with E-state index in [4.69, 9.17) is 0 Å². The molecule has 1 unspecified atom stereocenters. The van der Waals surface area contributed by atoms with Crippen LogP contribution < -0.4 is 0 Å². The van der Waals surface area contributed by atoms with Crippen LogP contribution in [0.2, 0.25) is 0 Å². The van der Waals surface area contributed by atoms with E-state index in [1.54, 1.807) is 12.8 Å². The average Bonchev–Trinajstić information content (AvgIpc) is 2.03. The van der Waals surface area contributed by atoms with E-state index < -0.39 is 0 Å². The molecule has 60 valence electrons. The van der Waals surface area contributed by atoms with Crippen LogP contribution in [0.15, 0.2) is 0 Å². The van der Waals surface area contributed by atoms with Gasteiger partial charge in [0.05, 0.1) is 0 Å². The van der Waals surface area contributed by atoms with Gasteiger partial charge in [0.2, 0.25) is 0 Å². The summed E-state index contributed by atoms with van der Waals surface area (Å²) in [5.74, 6) is 0. The Morgan fingerprint density at radius 2 is 1.90 bits per heavy atom. The van der Waals surface area contributed by atoms with E-state index >= 15 is 0 Å². The topological polar surface area (TPSA) is 0 Å². The van der Waals surface area contributed by atoms with Crippen molar-refractivity contribution in [2.24, 2.45) is 0 Å². The zero-order chi connectivity index (χ0) is 7.23. The molecule has 1 aliphatic carbocycles. The standard InChI is InChI=1S/C9H19P/c1-2-8-10-9-6-4-3-5-7-9/h9-10H,2-8H2,1H3. The molecule has 0 aromatic rings. The first-order valence-electron chi connectivity index (χ1n) is 4.67. The highest BCUT2D eigenvalue weighted by molar-refractivity contribution is 7.38. The Morgan fingerprint density at radius 3 is 2.50 bits per heavy atom. The fourth-order valence-corrected chi connectivity index (χ4v) is 3.17. The van der Waals surface area contributed by atoms with E-state index in [1.165, 1.54) is 40.4 Å². The summed E-state index contributed by atoms with van der Waals surface area (Å²) in [5.41, 5.74) is 1.13. The van der Waals surface area contributed by atoms with Crippen molar-refractivity contribution in [3.63, 3.8) is 0 Å². The Balaban J connectivity index is 2.02. The SMILES string of the molecule is CCCPC1CCCCC1. The van der Waals surface area contributed by atoms with Crippen molar-refractivity contribution in [1.82, 2.24) is 0 Å². The zero-order valence-corrected chi connectivity index (χ0v) is 8.03. The van der Waals surface area contributed by atoms with Crippen LogP contribution in [-0.2, 0) is 0 Å². The van der Waals surface area contributed by atoms with Crippen molar-refractivity contribution in [2.75, 3.05) is 6.16 Å². The molecular formula is C9H19P. The molecule has 0 aromatic carbocycles. The summed E-state index contributed by atoms with van der Waals surface area (Å²) in [7, 11) is 1.28. The van der Waals surface area contributed by atoms with Crippen molar-refractivity contribution < 1.29 is 0 Å². The molecule has 0 bridgehead atoms. The Labute approximate surface area is 66.6 Å². The highest BCUT2D eigenvalue weighted by Gasteiger charge is 2.11. The molecule has 1 atom stereocenters. The Morgan fingerprint density at radius 1 is 1.20 bits per heavy atom. The smallest absolute Gasteiger partial charge is 0.0237 e. The first kappa shape index (κ1) is 8.53. The third-order valence-corrected chi connectivity index (χ3v) is 4.23. The highest BCUT2D eigenvalue weighted by atomic mass is 31.1. The largest absolute Gasteiger partial charge is 0.119 e. The maximum absolute atomic E-state index is 2.30. The van der Waals surface area contributed by atoms with Crippen LogP contribution in [0.5, 0.6) is 0 Å². The van der Waals surface area contributed by atoms with Gasteiger partial charge in [0.15, 0.2) is 0 Å². The lowest BCUT2D eigenvalue weighted by Gasteiger charge is -2.20. The van der Waals surface area contributed by atoms with Crippen LogP contribution in [-0.4, -0.2) is 11.8 Å². The molecule has 10 heavy (non-hydrogen) atoms. The average molecular weight is 158 g/mol. The molecule has 1 heteroatoms. The van der Waals surface area contributed by atoms with Gasteiger partial charge in [-0.05, 0) is 24.7 Å². The second kappa shape index (κ2) is 5.13. The maximum Gasteiger partial charge on any atom is -0.0237 e. The third kappa shape index (κ3) is 3.01. The zero-order valence-electron chi connectivity index (χ0n) is 7.03. The van der Waals surface area contributed by atoms with E-state index in [1.807, 2.05) is 0 Å². The minimum Gasteiger partial charge on any atom is -0.119 e. The van der Waals surface area contributed by atoms with Crippen LogP contribution in [0.4, 0.5) is 0 Å². The van der Waals surface area contributed by atoms with Gasteiger partial charge in [0, 0.05) is 0 Å². The first-order valence-corrected chi connectivity index (χ1v) is 5.95. The molecule has 1 aliphatic rings. The number of rotatable bonds is 3. The quantitative estimate of drug-likeness (QED) is 0.552. The van der Waals surface area contributed by atoms with Gasteiger partial charge in [0.1, 0.15) is 0 Å². The molecule has 1 saturated carbocycles. The lowest BCUT2D eigenvalue weighted by Crippen LogP contribution is -2.06. The minimum absolute atomic E-state index is 1.13. The van der Waals surface area contributed by atoms with Gasteiger partial charge in [-0.3, -0.25) is 0 Å². The highest BCUT2D eigenvalue weighted by Crippen LogP contribution is 2.32. The molecule has 1 fully saturated rings. The molecule has 0 nitrogen and oxygen atoms in total. The van der Waals surface area contributed by atoms with E-state index in [-0.39, 0.29) is 0 Å². The second-order valence-corrected chi connectivity index (χ2v) is 5.01. The van der Waals surface area contributed by atoms with Crippen molar-refractivity contribution in [3.8, 4) is 0 Å². The summed E-state index contributed by atoms with van der Waals surface area (Å²) in [5, 5.41) is 0. The third-order valence-electron chi connectivity index (χ3n) is 2.29. The summed E-state index contributed by atoms with van der Waals surface area (Å²) < 4.78 is 0. The molecule has 0 N–H and O–H groups in total. The fourth-order valence-electron chi connectivity index (χ4n) is 1.66. The van der Waals surface area contributed by atoms with Gasteiger partial charge >= 0.3 is 0 Å². The monoisotopic (exact) mass is 158 g/mol. The normalized spacial score (nSPS) is 22.5. The summed E-state index contributed by atoms with van der Waals surface area (Å²) in [6.45, 7) is 2.30. The summed E-state index contributed by atoms with van der Waals surface area (Å²) in [4.78, 5) is 0.